The largest absolute Gasteiger partial charge is 0.436 e. The van der Waals surface area contributed by atoms with Gasteiger partial charge >= 0.3 is 10.7 Å². The number of halogens is 3. The summed E-state index contributed by atoms with van der Waals surface area (Å²) in [5, 5.41) is 0.600. The first-order valence-corrected chi connectivity index (χ1v) is 9.70. The van der Waals surface area contributed by atoms with E-state index in [4.69, 9.17) is 32.7 Å². The van der Waals surface area contributed by atoms with Gasteiger partial charge in [0.2, 0.25) is 5.78 Å². The first kappa shape index (κ1) is 21.7. The van der Waals surface area contributed by atoms with Crippen molar-refractivity contribution in [2.24, 2.45) is 5.41 Å². The Morgan fingerprint density at radius 3 is 2.26 bits per heavy atom. The molecule has 1 atom stereocenters. The molecule has 0 saturated carbocycles. The zero-order valence-corrected chi connectivity index (χ0v) is 18.2. The zero-order chi connectivity index (χ0) is 20.2. The third kappa shape index (κ3) is 5.71. The molecule has 27 heavy (non-hydrogen) atoms. The average Bonchev–Trinajstić information content (AvgIpc) is 2.56. The van der Waals surface area contributed by atoms with Crippen molar-refractivity contribution in [2.75, 3.05) is 0 Å². The van der Waals surface area contributed by atoms with E-state index in [1.165, 1.54) is 19.1 Å². The van der Waals surface area contributed by atoms with Crippen LogP contribution in [0, 0.1) is 5.41 Å². The van der Waals surface area contributed by atoms with Gasteiger partial charge in [-0.1, -0.05) is 67.4 Å². The Morgan fingerprint density at radius 2 is 1.70 bits per heavy atom. The highest BCUT2D eigenvalue weighted by atomic mass is 79.9. The predicted octanol–water partition coefficient (Wildman–Crippen LogP) is 5.82. The van der Waals surface area contributed by atoms with Crippen LogP contribution in [0.15, 0.2) is 48.5 Å². The normalized spacial score (nSPS) is 13.6. The SMILES string of the molecule is CC(=O)OC(Br)(Oc1ccc(Cl)cc1Cl)C(=O)C(C)(C)Cc1ccccc1. The van der Waals surface area contributed by atoms with Crippen molar-refractivity contribution in [3.8, 4) is 5.75 Å². The second kappa shape index (κ2) is 8.63. The second-order valence-corrected chi connectivity index (χ2v) is 8.57. The maximum absolute atomic E-state index is 13.3. The van der Waals surface area contributed by atoms with Gasteiger partial charge in [0.1, 0.15) is 5.75 Å². The van der Waals surface area contributed by atoms with Crippen LogP contribution in [0.4, 0.5) is 0 Å². The minimum Gasteiger partial charge on any atom is -0.436 e. The van der Waals surface area contributed by atoms with Crippen molar-refractivity contribution in [1.29, 1.82) is 0 Å². The Hall–Kier alpha value is -1.56. The Bertz CT molecular complexity index is 839. The number of esters is 1. The number of alkyl halides is 1. The standard InChI is InChI=1S/C20H19BrCl2O4/c1-13(24)26-20(21,27-17-10-9-15(22)11-16(17)23)18(25)19(2,3)12-14-7-5-4-6-8-14/h4-11H,12H2,1-3H3. The molecule has 0 radical (unpaired) electrons. The molecule has 4 nitrogen and oxygen atoms in total. The maximum atomic E-state index is 13.3. The van der Waals surface area contributed by atoms with Crippen LogP contribution in [0.25, 0.3) is 0 Å². The van der Waals surface area contributed by atoms with E-state index in [9.17, 15) is 9.59 Å². The fourth-order valence-corrected chi connectivity index (χ4v) is 3.97. The molecule has 0 aromatic heterocycles. The number of ketones is 1. The van der Waals surface area contributed by atoms with Crippen LogP contribution in [0.1, 0.15) is 26.3 Å². The van der Waals surface area contributed by atoms with E-state index in [1.807, 2.05) is 30.3 Å². The van der Waals surface area contributed by atoms with Gasteiger partial charge in [-0.3, -0.25) is 9.59 Å². The highest BCUT2D eigenvalue weighted by Crippen LogP contribution is 2.38. The van der Waals surface area contributed by atoms with Crippen LogP contribution in [0.3, 0.4) is 0 Å². The molecule has 144 valence electrons. The number of ether oxygens (including phenoxy) is 2. The van der Waals surface area contributed by atoms with E-state index in [1.54, 1.807) is 19.9 Å². The molecule has 2 aromatic carbocycles. The van der Waals surface area contributed by atoms with Crippen LogP contribution in [-0.4, -0.2) is 16.4 Å². The van der Waals surface area contributed by atoms with Crippen LogP contribution in [0.2, 0.25) is 10.0 Å². The fraction of sp³-hybridized carbons (Fsp3) is 0.300. The van der Waals surface area contributed by atoms with E-state index in [0.717, 1.165) is 5.56 Å². The van der Waals surface area contributed by atoms with Crippen molar-refractivity contribution >= 4 is 50.9 Å². The van der Waals surface area contributed by atoms with Gasteiger partial charge in [0, 0.05) is 33.3 Å². The lowest BCUT2D eigenvalue weighted by Crippen LogP contribution is -2.49. The van der Waals surface area contributed by atoms with Crippen LogP contribution in [0.5, 0.6) is 5.75 Å². The molecule has 2 aromatic rings. The van der Waals surface area contributed by atoms with Gasteiger partial charge in [0.15, 0.2) is 0 Å². The monoisotopic (exact) mass is 472 g/mol. The molecule has 0 spiro atoms. The quantitative estimate of drug-likeness (QED) is 0.288. The number of hydrogen-bond donors (Lipinski definition) is 0. The summed E-state index contributed by atoms with van der Waals surface area (Å²) in [7, 11) is 0. The maximum Gasteiger partial charge on any atom is 0.373 e. The molecule has 0 aliphatic rings. The lowest BCUT2D eigenvalue weighted by Gasteiger charge is -2.33. The van der Waals surface area contributed by atoms with Crippen molar-refractivity contribution in [1.82, 2.24) is 0 Å². The summed E-state index contributed by atoms with van der Waals surface area (Å²) in [6.07, 6.45) is 0.430. The first-order valence-electron chi connectivity index (χ1n) is 8.15. The summed E-state index contributed by atoms with van der Waals surface area (Å²) < 4.78 is 8.93. The lowest BCUT2D eigenvalue weighted by molar-refractivity contribution is -0.180. The highest BCUT2D eigenvalue weighted by molar-refractivity contribution is 9.10. The van der Waals surface area contributed by atoms with Crippen LogP contribution in [-0.2, 0) is 20.7 Å². The molecular formula is C20H19BrCl2O4. The van der Waals surface area contributed by atoms with Crippen LogP contribution < -0.4 is 4.74 Å². The molecule has 0 aliphatic heterocycles. The third-order valence-electron chi connectivity index (χ3n) is 3.78. The molecule has 1 unspecified atom stereocenters. The number of carbonyl (C=O) groups excluding carboxylic acids is 2. The predicted molar refractivity (Wildman–Crippen MR) is 109 cm³/mol. The van der Waals surface area contributed by atoms with E-state index in [2.05, 4.69) is 15.9 Å². The van der Waals surface area contributed by atoms with Gasteiger partial charge in [-0.15, -0.1) is 0 Å². The molecule has 0 bridgehead atoms. The zero-order valence-electron chi connectivity index (χ0n) is 15.1. The number of carbonyl (C=O) groups is 2. The summed E-state index contributed by atoms with van der Waals surface area (Å²) in [4.78, 5) is 24.9. The number of benzene rings is 2. The number of rotatable bonds is 7. The summed E-state index contributed by atoms with van der Waals surface area (Å²) in [5.41, 5.74) is 0.0669. The number of Topliss-reactive ketones (excluding diaryl/α,β-unsaturated/α-hetero) is 1. The Labute approximate surface area is 176 Å². The lowest BCUT2D eigenvalue weighted by atomic mass is 9.81. The minimum atomic E-state index is -2.02. The van der Waals surface area contributed by atoms with Gasteiger partial charge < -0.3 is 9.47 Å². The van der Waals surface area contributed by atoms with E-state index in [0.29, 0.717) is 11.4 Å². The Morgan fingerprint density at radius 1 is 1.07 bits per heavy atom. The van der Waals surface area contributed by atoms with Crippen LogP contribution >= 0.6 is 39.1 Å². The molecule has 7 heteroatoms. The minimum absolute atomic E-state index is 0.156. The van der Waals surface area contributed by atoms with Gasteiger partial charge in [-0.05, 0) is 30.2 Å². The molecular weight excluding hydrogens is 455 g/mol. The average molecular weight is 474 g/mol. The van der Waals surface area contributed by atoms with E-state index in [-0.39, 0.29) is 10.8 Å². The fourth-order valence-electron chi connectivity index (χ4n) is 2.59. The summed E-state index contributed by atoms with van der Waals surface area (Å²) in [5.74, 6) is -0.982. The van der Waals surface area contributed by atoms with Gasteiger partial charge in [0.05, 0.1) is 5.02 Å². The Balaban J connectivity index is 2.35. The molecule has 0 aliphatic carbocycles. The highest BCUT2D eigenvalue weighted by Gasteiger charge is 2.49. The van der Waals surface area contributed by atoms with Gasteiger partial charge in [-0.2, -0.15) is 0 Å². The molecule has 2 rings (SSSR count). The topological polar surface area (TPSA) is 52.6 Å². The molecule has 0 fully saturated rings. The van der Waals surface area contributed by atoms with Gasteiger partial charge in [0.25, 0.3) is 0 Å². The summed E-state index contributed by atoms with van der Waals surface area (Å²) in [6.45, 7) is 4.71. The molecule has 0 amide bonds. The van der Waals surface area contributed by atoms with Crippen molar-refractivity contribution in [2.45, 2.75) is 31.9 Å². The smallest absolute Gasteiger partial charge is 0.373 e. The third-order valence-corrected chi connectivity index (χ3v) is 5.00. The van der Waals surface area contributed by atoms with E-state index >= 15 is 0 Å². The van der Waals surface area contributed by atoms with Crippen molar-refractivity contribution in [3.05, 3.63) is 64.1 Å². The molecule has 0 N–H and O–H groups in total. The Kier molecular flexibility index (Phi) is 6.95. The van der Waals surface area contributed by atoms with E-state index < -0.39 is 21.9 Å². The number of hydrogen-bond acceptors (Lipinski definition) is 4. The first-order chi connectivity index (χ1) is 12.5. The molecule has 0 saturated heterocycles. The van der Waals surface area contributed by atoms with Crippen molar-refractivity contribution < 1.29 is 19.1 Å². The second-order valence-electron chi connectivity index (χ2n) is 6.68. The van der Waals surface area contributed by atoms with Crippen molar-refractivity contribution in [3.63, 3.8) is 0 Å². The van der Waals surface area contributed by atoms with Gasteiger partial charge in [-0.25, -0.2) is 0 Å². The molecule has 0 heterocycles. The summed E-state index contributed by atoms with van der Waals surface area (Å²) in [6, 6.07) is 14.1. The summed E-state index contributed by atoms with van der Waals surface area (Å²) >= 11 is 15.2.